The second kappa shape index (κ2) is 36.3. The number of amides is 3. The van der Waals surface area contributed by atoms with E-state index in [4.69, 9.17) is 30.5 Å². The lowest BCUT2D eigenvalue weighted by Crippen LogP contribution is -2.51. The normalized spacial score (nSPS) is 16.5. The standard InChI is InChI=1S/C80H95ClFN11O13S4/c1-54(2)92-56(4)77(109(6,99)100)75(76(92)58-19-21-60(81)22-20-58)59-47-61(82)49-66(48-59)90-39-37-89(38-40-90)65-25-23-62(24-26-65)86-110(101,102)69-27-28-71(73(50-69)108(5,97)98)84-63(53-107-68-15-8-7-9-16-68)30-34-88-35-31-67(32-36-88)106-42-12-33-91-51-64(85-87-91)52-105-46-45-104-44-43-103-41-11-14-57-13-10-17-70-74(57)80(96)93(79(70)95)72-29-18-55(3)83-78(72)94/h7-10,13,15-17,19-28,47-51,54,63,67,72,84,86H,3,11-12,14,18,29-46,52-53H2,1-2,4-6H3,(H,83,94)/t63-,72?/m1/s1. The van der Waals surface area contributed by atoms with Gasteiger partial charge in [0.05, 0.1) is 82.5 Å². The van der Waals surface area contributed by atoms with E-state index in [0.29, 0.717) is 172 Å². The first-order valence-electron chi connectivity index (χ1n) is 37.1. The Bertz CT molecular complexity index is 4960. The van der Waals surface area contributed by atoms with Gasteiger partial charge in [-0.3, -0.25) is 28.7 Å². The van der Waals surface area contributed by atoms with Gasteiger partial charge in [0.25, 0.3) is 21.8 Å². The minimum absolute atomic E-state index is 0.111. The second-order valence-electron chi connectivity index (χ2n) is 28.5. The average molecular weight is 1600 g/mol. The zero-order valence-corrected chi connectivity index (χ0v) is 66.6. The number of imide groups is 1. The summed E-state index contributed by atoms with van der Waals surface area (Å²) in [6.45, 7) is 17.5. The monoisotopic (exact) mass is 1600 g/mol. The van der Waals surface area contributed by atoms with Crippen molar-refractivity contribution < 1.29 is 63.0 Å². The highest BCUT2D eigenvalue weighted by molar-refractivity contribution is 7.99. The number of fused-ring (bicyclic) bond motifs is 1. The van der Waals surface area contributed by atoms with Crippen molar-refractivity contribution in [2.75, 3.05) is 124 Å². The van der Waals surface area contributed by atoms with Crippen LogP contribution >= 0.6 is 23.4 Å². The first-order valence-corrected chi connectivity index (χ1v) is 43.8. The van der Waals surface area contributed by atoms with Gasteiger partial charge < -0.3 is 48.8 Å². The summed E-state index contributed by atoms with van der Waals surface area (Å²) in [5.41, 5.74) is 7.57. The molecule has 12 rings (SSSR count). The maximum Gasteiger partial charge on any atom is 0.262 e. The number of piperidine rings is 2. The van der Waals surface area contributed by atoms with Crippen LogP contribution in [0.4, 0.5) is 27.1 Å². The third-order valence-electron chi connectivity index (χ3n) is 20.1. The van der Waals surface area contributed by atoms with Crippen LogP contribution in [0.5, 0.6) is 0 Å². The number of sulfonamides is 1. The summed E-state index contributed by atoms with van der Waals surface area (Å²) in [6, 6.07) is 37.0. The van der Waals surface area contributed by atoms with Crippen LogP contribution in [0.25, 0.3) is 22.4 Å². The number of allylic oxidation sites excluding steroid dienone is 1. The molecule has 0 spiro atoms. The zero-order valence-electron chi connectivity index (χ0n) is 62.5. The molecule has 0 radical (unpaired) electrons. The highest BCUT2D eigenvalue weighted by atomic mass is 35.5. The zero-order chi connectivity index (χ0) is 77.9. The number of aromatic nitrogens is 4. The van der Waals surface area contributed by atoms with Crippen molar-refractivity contribution in [3.63, 3.8) is 0 Å². The fraction of sp³-hybridized carbons (Fsp3) is 0.412. The van der Waals surface area contributed by atoms with Gasteiger partial charge in [-0.1, -0.05) is 65.9 Å². The molecule has 8 aromatic rings. The van der Waals surface area contributed by atoms with E-state index in [1.165, 1.54) is 36.6 Å². The first-order chi connectivity index (χ1) is 52.8. The van der Waals surface area contributed by atoms with E-state index in [1.54, 1.807) is 59.8 Å². The van der Waals surface area contributed by atoms with Crippen LogP contribution in [0.15, 0.2) is 172 Å². The van der Waals surface area contributed by atoms with E-state index in [2.05, 4.69) is 46.9 Å². The van der Waals surface area contributed by atoms with Gasteiger partial charge in [-0.25, -0.2) is 29.6 Å². The predicted octanol–water partition coefficient (Wildman–Crippen LogP) is 12.1. The lowest BCUT2D eigenvalue weighted by molar-refractivity contribution is -0.125. The number of halogens is 2. The molecular weight excluding hydrogens is 1510 g/mol. The number of likely N-dealkylation sites (tertiary alicyclic amines) is 1. The average Bonchev–Trinajstić information content (AvgIpc) is 1.58. The van der Waals surface area contributed by atoms with Crippen molar-refractivity contribution in [2.24, 2.45) is 0 Å². The van der Waals surface area contributed by atoms with Gasteiger partial charge in [0.2, 0.25) is 5.91 Å². The molecule has 0 saturated carbocycles. The molecule has 6 aromatic carbocycles. The summed E-state index contributed by atoms with van der Waals surface area (Å²) in [6.07, 6.45) is 9.40. The van der Waals surface area contributed by atoms with Gasteiger partial charge in [-0.2, -0.15) is 0 Å². The van der Waals surface area contributed by atoms with E-state index < -0.39 is 59.3 Å². The van der Waals surface area contributed by atoms with Crippen LogP contribution in [0.3, 0.4) is 0 Å². The summed E-state index contributed by atoms with van der Waals surface area (Å²) in [5.74, 6) is -1.17. The van der Waals surface area contributed by atoms with Crippen molar-refractivity contribution in [1.29, 1.82) is 0 Å². The van der Waals surface area contributed by atoms with E-state index in [1.807, 2.05) is 91.3 Å². The predicted molar refractivity (Wildman–Crippen MR) is 426 cm³/mol. The largest absolute Gasteiger partial charge is 0.380 e. The third-order valence-corrected chi connectivity index (χ3v) is 25.3. The SMILES string of the molecule is C=C1CCC(N2C(=O)c3cccc(CCCOCCOCCOCc4cn(CCCOC5CCN(CC[C@H](CSc6ccccc6)Nc6ccc(S(=O)(=O)Nc7ccc(N8CCN(c9cc(F)cc(-c%10c(S(C)(=O)=O)c(C)n(C(C)C)c%10-c%10ccc(Cl)cc%10)c9)CC8)cc7)cc6S(C)(=O)=O)CC5)nn4)c3C2=O)C(=O)N1. The summed E-state index contributed by atoms with van der Waals surface area (Å²) >= 11 is 7.95. The van der Waals surface area contributed by atoms with Crippen LogP contribution in [0, 0.1) is 12.7 Å². The van der Waals surface area contributed by atoms with E-state index >= 15 is 4.39 Å². The van der Waals surface area contributed by atoms with Gasteiger partial charge >= 0.3 is 0 Å². The number of hydrogen-bond acceptors (Lipinski definition) is 20. The summed E-state index contributed by atoms with van der Waals surface area (Å²) < 4.78 is 129. The summed E-state index contributed by atoms with van der Waals surface area (Å²) in [4.78, 5) is 47.9. The topological polar surface area (TPSA) is 275 Å². The Hall–Kier alpha value is -8.49. The maximum atomic E-state index is 15.9. The first kappa shape index (κ1) is 81.0. The van der Waals surface area contributed by atoms with Crippen LogP contribution in [-0.2, 0) is 73.0 Å². The Morgan fingerprint density at radius 1 is 0.709 bits per heavy atom. The number of carbonyl (C=O) groups excluding carboxylic acids is 3. The number of piperazine rings is 1. The number of carbonyl (C=O) groups is 3. The number of nitrogens with zero attached hydrogens (tertiary/aromatic N) is 8. The van der Waals surface area contributed by atoms with Crippen molar-refractivity contribution in [1.82, 2.24) is 34.7 Å². The fourth-order valence-corrected chi connectivity index (χ4v) is 19.1. The molecule has 3 saturated heterocycles. The number of rotatable bonds is 36. The van der Waals surface area contributed by atoms with Gasteiger partial charge in [0, 0.05) is 140 Å². The number of benzene rings is 6. The quantitative estimate of drug-likeness (QED) is 0.0187. The van der Waals surface area contributed by atoms with Gasteiger partial charge in [0.15, 0.2) is 19.7 Å². The summed E-state index contributed by atoms with van der Waals surface area (Å²) in [5, 5.41) is 15.2. The third kappa shape index (κ3) is 20.2. The van der Waals surface area contributed by atoms with Crippen LogP contribution in [-0.4, -0.2) is 194 Å². The molecule has 110 heavy (non-hydrogen) atoms. The smallest absolute Gasteiger partial charge is 0.262 e. The highest BCUT2D eigenvalue weighted by Gasteiger charge is 2.45. The number of sulfone groups is 2. The maximum absolute atomic E-state index is 15.9. The number of ether oxygens (including phenoxy) is 4. The second-order valence-corrected chi connectivity index (χ2v) is 35.6. The van der Waals surface area contributed by atoms with Crippen molar-refractivity contribution >= 4 is 93.5 Å². The van der Waals surface area contributed by atoms with Crippen molar-refractivity contribution in [2.45, 2.75) is 129 Å². The van der Waals surface area contributed by atoms with Gasteiger partial charge in [-0.15, -0.1) is 16.9 Å². The molecule has 4 aliphatic heterocycles. The molecule has 586 valence electrons. The number of hydrogen-bond donors (Lipinski definition) is 3. The molecular formula is C80H95ClFN11O13S4. The van der Waals surface area contributed by atoms with E-state index in [0.717, 1.165) is 71.8 Å². The highest BCUT2D eigenvalue weighted by Crippen LogP contribution is 2.45. The molecule has 3 N–H and O–H groups in total. The molecule has 6 heterocycles. The summed E-state index contributed by atoms with van der Waals surface area (Å²) in [7, 11) is -12.0. The molecule has 30 heteroatoms. The molecule has 4 aliphatic rings. The minimum atomic E-state index is -4.28. The molecule has 2 aromatic heterocycles. The van der Waals surface area contributed by atoms with E-state index in [-0.39, 0.29) is 45.2 Å². The molecule has 2 atom stereocenters. The molecule has 3 fully saturated rings. The molecule has 24 nitrogen and oxygen atoms in total. The lowest BCUT2D eigenvalue weighted by atomic mass is 9.99. The molecule has 1 unspecified atom stereocenters. The van der Waals surface area contributed by atoms with Crippen LogP contribution in [0.2, 0.25) is 5.02 Å². The Morgan fingerprint density at radius 2 is 1.41 bits per heavy atom. The number of nitrogens with one attached hydrogen (secondary N) is 3. The van der Waals surface area contributed by atoms with Crippen LogP contribution in [0.1, 0.15) is 103 Å². The van der Waals surface area contributed by atoms with E-state index in [9.17, 15) is 39.6 Å². The molecule has 0 bridgehead atoms. The Balaban J connectivity index is 0.561. The number of aryl methyl sites for hydroxylation is 2. The number of anilines is 4. The Morgan fingerprint density at radius 3 is 2.10 bits per heavy atom. The van der Waals surface area contributed by atoms with Crippen molar-refractivity contribution in [3.8, 4) is 22.4 Å². The van der Waals surface area contributed by atoms with Gasteiger partial charge in [-0.05, 0) is 180 Å². The Kier molecular flexibility index (Phi) is 26.8. The van der Waals surface area contributed by atoms with Crippen molar-refractivity contribution in [3.05, 3.63) is 191 Å². The number of thioether (sulfide) groups is 1. The van der Waals surface area contributed by atoms with Gasteiger partial charge in [0.1, 0.15) is 17.6 Å². The molecule has 0 aliphatic carbocycles. The fourth-order valence-electron chi connectivity index (χ4n) is 14.7. The minimum Gasteiger partial charge on any atom is -0.380 e. The lowest BCUT2D eigenvalue weighted by Gasteiger charge is -2.37. The Labute approximate surface area is 652 Å². The van der Waals surface area contributed by atoms with Crippen LogP contribution < -0.4 is 25.2 Å². The molecule has 3 amide bonds.